The van der Waals surface area contributed by atoms with Crippen molar-refractivity contribution in [2.75, 3.05) is 13.2 Å². The fourth-order valence-corrected chi connectivity index (χ4v) is 4.20. The van der Waals surface area contributed by atoms with E-state index in [-0.39, 0.29) is 16.0 Å². The molecule has 1 saturated carbocycles. The molecule has 5 heteroatoms. The summed E-state index contributed by atoms with van der Waals surface area (Å²) in [5.41, 5.74) is 0. The fourth-order valence-electron chi connectivity index (χ4n) is 2.11. The maximum atomic E-state index is 12.0. The molecule has 136 valence electrons. The van der Waals surface area contributed by atoms with Gasteiger partial charge >= 0.3 is 0 Å². The molecule has 1 rings (SSSR count). The van der Waals surface area contributed by atoms with Gasteiger partial charge in [-0.25, -0.2) is 0 Å². The van der Waals surface area contributed by atoms with Gasteiger partial charge in [0, 0.05) is 25.6 Å². The minimum atomic E-state index is -1.78. The summed E-state index contributed by atoms with van der Waals surface area (Å²) in [5, 5.41) is 0.404. The molecule has 2 atom stereocenters. The van der Waals surface area contributed by atoms with Crippen molar-refractivity contribution in [1.82, 2.24) is 0 Å². The molecule has 0 unspecified atom stereocenters. The summed E-state index contributed by atoms with van der Waals surface area (Å²) < 4.78 is 12.6. The molecule has 0 saturated heterocycles. The zero-order chi connectivity index (χ0) is 18.3. The van der Waals surface area contributed by atoms with Gasteiger partial charge in [0.15, 0.2) is 16.6 Å². The number of hydrogen-bond acceptors (Lipinski definition) is 3. The van der Waals surface area contributed by atoms with Crippen molar-refractivity contribution in [1.29, 1.82) is 0 Å². The maximum absolute atomic E-state index is 12.0. The van der Waals surface area contributed by atoms with Crippen LogP contribution in [-0.4, -0.2) is 35.6 Å². The largest absolute Gasteiger partial charge is 0.417 e. The first kappa shape index (κ1) is 21.1. The van der Waals surface area contributed by atoms with Crippen LogP contribution in [0.3, 0.4) is 0 Å². The molecule has 0 aliphatic heterocycles. The lowest BCUT2D eigenvalue weighted by Gasteiger charge is -2.43. The number of carbonyl (C=O) groups excluding carboxylic acids is 1. The highest BCUT2D eigenvalue weighted by molar-refractivity contribution is 6.74. The van der Waals surface area contributed by atoms with Gasteiger partial charge in [0.1, 0.15) is 5.78 Å². The molecule has 0 bridgehead atoms. The highest BCUT2D eigenvalue weighted by Crippen LogP contribution is 2.41. The van der Waals surface area contributed by atoms with E-state index < -0.39 is 16.6 Å². The van der Waals surface area contributed by atoms with Gasteiger partial charge in [0.25, 0.3) is 0 Å². The van der Waals surface area contributed by atoms with Crippen LogP contribution in [0.1, 0.15) is 48.0 Å². The van der Waals surface area contributed by atoms with Crippen LogP contribution in [0.15, 0.2) is 0 Å². The van der Waals surface area contributed by atoms with Crippen LogP contribution in [-0.2, 0) is 13.6 Å². The molecule has 3 nitrogen and oxygen atoms in total. The Morgan fingerprint density at radius 1 is 0.870 bits per heavy atom. The van der Waals surface area contributed by atoms with Gasteiger partial charge < -0.3 is 8.85 Å². The average Bonchev–Trinajstić information content (AvgIpc) is 2.31. The van der Waals surface area contributed by atoms with Crippen LogP contribution in [0.5, 0.6) is 0 Å². The number of carbonyl (C=O) groups is 1. The zero-order valence-electron chi connectivity index (χ0n) is 17.0. The molecule has 1 aliphatic carbocycles. The smallest absolute Gasteiger partial charge is 0.192 e. The summed E-state index contributed by atoms with van der Waals surface area (Å²) in [6.07, 6.45) is 0.667. The van der Waals surface area contributed by atoms with Crippen molar-refractivity contribution >= 4 is 22.4 Å². The molecule has 0 amide bonds. The van der Waals surface area contributed by atoms with E-state index in [9.17, 15) is 4.79 Å². The van der Waals surface area contributed by atoms with Crippen molar-refractivity contribution in [2.45, 2.75) is 84.2 Å². The van der Waals surface area contributed by atoms with Gasteiger partial charge in [0.2, 0.25) is 0 Å². The van der Waals surface area contributed by atoms with Crippen LogP contribution < -0.4 is 0 Å². The Labute approximate surface area is 145 Å². The van der Waals surface area contributed by atoms with E-state index in [2.05, 4.69) is 67.7 Å². The number of Topliss-reactive ketones (excluding diaryl/α,β-unsaturated/α-hetero) is 1. The monoisotopic (exact) mass is 358 g/mol. The first-order valence-corrected chi connectivity index (χ1v) is 14.7. The number of hydrogen-bond donors (Lipinski definition) is 0. The van der Waals surface area contributed by atoms with Gasteiger partial charge in [-0.05, 0) is 42.2 Å². The van der Waals surface area contributed by atoms with Crippen LogP contribution >= 0.6 is 0 Å². The second-order valence-electron chi connectivity index (χ2n) is 10.2. The van der Waals surface area contributed by atoms with E-state index in [4.69, 9.17) is 8.85 Å². The summed E-state index contributed by atoms with van der Waals surface area (Å²) in [7, 11) is -3.52. The van der Waals surface area contributed by atoms with E-state index in [1.165, 1.54) is 0 Å². The van der Waals surface area contributed by atoms with Crippen LogP contribution in [0, 0.1) is 11.8 Å². The van der Waals surface area contributed by atoms with Gasteiger partial charge in [-0.15, -0.1) is 0 Å². The van der Waals surface area contributed by atoms with Crippen molar-refractivity contribution in [3.8, 4) is 0 Å². The fraction of sp³-hybridized carbons (Fsp3) is 0.944. The van der Waals surface area contributed by atoms with Crippen molar-refractivity contribution in [3.05, 3.63) is 0 Å². The Hall–Kier alpha value is 0.0238. The molecule has 0 N–H and O–H groups in total. The molecule has 0 aromatic carbocycles. The van der Waals surface area contributed by atoms with Gasteiger partial charge in [0.05, 0.1) is 0 Å². The number of rotatable bonds is 6. The molecule has 0 spiro atoms. The van der Waals surface area contributed by atoms with Gasteiger partial charge in [-0.2, -0.15) is 0 Å². The summed E-state index contributed by atoms with van der Waals surface area (Å²) >= 11 is 0. The summed E-state index contributed by atoms with van der Waals surface area (Å²) in [5.74, 6) is 0.753. The van der Waals surface area contributed by atoms with Crippen molar-refractivity contribution in [2.24, 2.45) is 11.8 Å². The van der Waals surface area contributed by atoms with E-state index in [0.717, 1.165) is 0 Å². The van der Waals surface area contributed by atoms with E-state index >= 15 is 0 Å². The SMILES string of the molecule is CC(C)(C)[Si](C)(C)OC[C@H]1CC(=O)[C@@H]1CO[Si](C)(C)C(C)(C)C. The normalized spacial score (nSPS) is 23.8. The quantitative estimate of drug-likeness (QED) is 0.609. The summed E-state index contributed by atoms with van der Waals surface area (Å²) in [6, 6.07) is 0. The predicted octanol–water partition coefficient (Wildman–Crippen LogP) is 5.24. The van der Waals surface area contributed by atoms with Crippen LogP contribution in [0.2, 0.25) is 36.3 Å². The Balaban J connectivity index is 2.56. The van der Waals surface area contributed by atoms with Crippen LogP contribution in [0.4, 0.5) is 0 Å². The minimum absolute atomic E-state index is 0.0499. The predicted molar refractivity (Wildman–Crippen MR) is 103 cm³/mol. The first-order valence-electron chi connectivity index (χ1n) is 8.89. The summed E-state index contributed by atoms with van der Waals surface area (Å²) in [6.45, 7) is 23.8. The second kappa shape index (κ2) is 6.73. The Kier molecular flexibility index (Phi) is 6.17. The molecule has 1 aliphatic rings. The second-order valence-corrected chi connectivity index (χ2v) is 19.8. The van der Waals surface area contributed by atoms with E-state index in [1.807, 2.05) is 0 Å². The van der Waals surface area contributed by atoms with E-state index in [0.29, 0.717) is 31.3 Å². The number of ketones is 1. The lowest BCUT2D eigenvalue weighted by atomic mass is 9.73. The molecule has 0 heterocycles. The van der Waals surface area contributed by atoms with Gasteiger partial charge in [-0.3, -0.25) is 4.79 Å². The van der Waals surface area contributed by atoms with E-state index in [1.54, 1.807) is 0 Å². The Morgan fingerprint density at radius 3 is 1.61 bits per heavy atom. The third-order valence-electron chi connectivity index (χ3n) is 6.34. The van der Waals surface area contributed by atoms with Crippen molar-refractivity contribution < 1.29 is 13.6 Å². The summed E-state index contributed by atoms with van der Waals surface area (Å²) in [4.78, 5) is 12.0. The Bertz CT molecular complexity index is 431. The highest BCUT2D eigenvalue weighted by atomic mass is 28.4. The average molecular weight is 359 g/mol. The standard InChI is InChI=1S/C18H38O3Si2/c1-17(2,3)22(7,8)20-12-14-11-16(19)15(14)13-21-23(9,10)18(4,5)6/h14-15H,11-13H2,1-10H3/t14-,15-/m1/s1. The topological polar surface area (TPSA) is 35.5 Å². The molecule has 0 aromatic heterocycles. The van der Waals surface area contributed by atoms with Crippen LogP contribution in [0.25, 0.3) is 0 Å². The molecule has 23 heavy (non-hydrogen) atoms. The molecular formula is C18H38O3Si2. The van der Waals surface area contributed by atoms with Crippen molar-refractivity contribution in [3.63, 3.8) is 0 Å². The molecule has 0 aromatic rings. The lowest BCUT2D eigenvalue weighted by Crippen LogP contribution is -2.50. The lowest BCUT2D eigenvalue weighted by molar-refractivity contribution is -0.137. The van der Waals surface area contributed by atoms with Gasteiger partial charge in [-0.1, -0.05) is 41.5 Å². The Morgan fingerprint density at radius 2 is 1.26 bits per heavy atom. The molecular weight excluding hydrogens is 320 g/mol. The molecule has 1 fully saturated rings. The highest BCUT2D eigenvalue weighted by Gasteiger charge is 2.45. The third-order valence-corrected chi connectivity index (χ3v) is 15.3. The minimum Gasteiger partial charge on any atom is -0.417 e. The zero-order valence-corrected chi connectivity index (χ0v) is 19.0. The molecule has 0 radical (unpaired) electrons. The maximum Gasteiger partial charge on any atom is 0.192 e. The third kappa shape index (κ3) is 5.00. The first-order chi connectivity index (χ1) is 10.1.